The lowest BCUT2D eigenvalue weighted by Crippen LogP contribution is -2.09. The topological polar surface area (TPSA) is 47.3 Å². The van der Waals surface area contributed by atoms with Gasteiger partial charge in [-0.05, 0) is 41.9 Å². The maximum atomic E-state index is 13.7. The quantitative estimate of drug-likeness (QED) is 0.765. The zero-order valence-corrected chi connectivity index (χ0v) is 13.6. The monoisotopic (exact) mass is 358 g/mol. The number of nitrogens with two attached hydrogens (primary N) is 1. The van der Waals surface area contributed by atoms with Crippen molar-refractivity contribution in [3.8, 4) is 5.75 Å². The van der Waals surface area contributed by atoms with Gasteiger partial charge >= 0.3 is 0 Å². The van der Waals surface area contributed by atoms with Crippen molar-refractivity contribution in [2.45, 2.75) is 26.5 Å². The van der Waals surface area contributed by atoms with Crippen LogP contribution in [-0.2, 0) is 6.54 Å². The molecule has 1 aromatic heterocycles. The molecular formula is C14H16BrFN2OS. The fourth-order valence-corrected chi connectivity index (χ4v) is 3.12. The smallest absolute Gasteiger partial charge is 0.167 e. The molecule has 0 fully saturated rings. The molecule has 0 aliphatic carbocycles. The van der Waals surface area contributed by atoms with Gasteiger partial charge in [0.15, 0.2) is 11.6 Å². The highest BCUT2D eigenvalue weighted by molar-refractivity contribution is 9.11. The van der Waals surface area contributed by atoms with E-state index in [0.717, 1.165) is 8.66 Å². The van der Waals surface area contributed by atoms with Gasteiger partial charge < -0.3 is 15.8 Å². The van der Waals surface area contributed by atoms with Crippen LogP contribution in [0.4, 0.5) is 15.8 Å². The number of hydrogen-bond acceptors (Lipinski definition) is 4. The van der Waals surface area contributed by atoms with Gasteiger partial charge in [-0.15, -0.1) is 11.3 Å². The molecule has 0 saturated carbocycles. The van der Waals surface area contributed by atoms with Crippen LogP contribution in [0.2, 0.25) is 0 Å². The van der Waals surface area contributed by atoms with Crippen LogP contribution in [0.3, 0.4) is 0 Å². The van der Waals surface area contributed by atoms with Crippen molar-refractivity contribution in [1.29, 1.82) is 0 Å². The van der Waals surface area contributed by atoms with E-state index in [1.54, 1.807) is 17.4 Å². The molecule has 0 spiro atoms. The fourth-order valence-electron chi connectivity index (χ4n) is 1.70. The second-order valence-electron chi connectivity index (χ2n) is 4.60. The van der Waals surface area contributed by atoms with E-state index in [0.29, 0.717) is 17.9 Å². The average Bonchev–Trinajstić information content (AvgIpc) is 2.76. The minimum Gasteiger partial charge on any atom is -0.488 e. The molecule has 0 saturated heterocycles. The zero-order chi connectivity index (χ0) is 14.7. The molecule has 0 bridgehead atoms. The third-order valence-electron chi connectivity index (χ3n) is 2.55. The molecule has 0 amide bonds. The molecule has 1 aromatic carbocycles. The molecule has 20 heavy (non-hydrogen) atoms. The first-order valence-corrected chi connectivity index (χ1v) is 7.80. The van der Waals surface area contributed by atoms with Crippen LogP contribution in [0.25, 0.3) is 0 Å². The summed E-state index contributed by atoms with van der Waals surface area (Å²) in [6.07, 6.45) is -0.0887. The summed E-state index contributed by atoms with van der Waals surface area (Å²) in [6, 6.07) is 6.90. The Hall–Kier alpha value is -1.27. The van der Waals surface area contributed by atoms with E-state index in [2.05, 4.69) is 21.2 Å². The van der Waals surface area contributed by atoms with Crippen molar-refractivity contribution in [3.63, 3.8) is 0 Å². The SMILES string of the molecule is CC(C)Oc1cc(NCc2ccc(Br)s2)c(N)cc1F. The Kier molecular flexibility index (Phi) is 4.88. The average molecular weight is 359 g/mol. The van der Waals surface area contributed by atoms with E-state index < -0.39 is 5.82 Å². The van der Waals surface area contributed by atoms with Crippen molar-refractivity contribution in [3.05, 3.63) is 38.7 Å². The maximum absolute atomic E-state index is 13.7. The van der Waals surface area contributed by atoms with Gasteiger partial charge in [0.05, 0.1) is 21.3 Å². The summed E-state index contributed by atoms with van der Waals surface area (Å²) >= 11 is 5.06. The normalized spacial score (nSPS) is 10.8. The Bertz CT molecular complexity index is 601. The highest BCUT2D eigenvalue weighted by Crippen LogP contribution is 2.30. The Morgan fingerprint density at radius 2 is 2.15 bits per heavy atom. The number of thiophene rings is 1. The molecule has 0 aliphatic heterocycles. The van der Waals surface area contributed by atoms with Gasteiger partial charge in [-0.3, -0.25) is 0 Å². The Morgan fingerprint density at radius 1 is 1.40 bits per heavy atom. The predicted octanol–water partition coefficient (Wildman–Crippen LogP) is 4.63. The van der Waals surface area contributed by atoms with Crippen molar-refractivity contribution in [2.24, 2.45) is 0 Å². The van der Waals surface area contributed by atoms with E-state index in [1.165, 1.54) is 6.07 Å². The highest BCUT2D eigenvalue weighted by Gasteiger charge is 2.10. The van der Waals surface area contributed by atoms with Crippen molar-refractivity contribution >= 4 is 38.6 Å². The van der Waals surface area contributed by atoms with Crippen LogP contribution in [-0.4, -0.2) is 6.10 Å². The van der Waals surface area contributed by atoms with Gasteiger partial charge in [-0.25, -0.2) is 4.39 Å². The summed E-state index contributed by atoms with van der Waals surface area (Å²) in [7, 11) is 0. The Balaban J connectivity index is 2.14. The van der Waals surface area contributed by atoms with E-state index in [-0.39, 0.29) is 11.9 Å². The molecule has 2 rings (SSSR count). The number of anilines is 2. The molecular weight excluding hydrogens is 343 g/mol. The standard InChI is InChI=1S/C14H16BrFN2OS/c1-8(2)19-13-6-12(11(17)5-10(13)16)18-7-9-3-4-14(15)20-9/h3-6,8,18H,7,17H2,1-2H3. The first-order valence-electron chi connectivity index (χ1n) is 6.19. The fraction of sp³-hybridized carbons (Fsp3) is 0.286. The Labute approximate surface area is 130 Å². The molecule has 6 heteroatoms. The lowest BCUT2D eigenvalue weighted by Gasteiger charge is -2.14. The first-order chi connectivity index (χ1) is 9.45. The summed E-state index contributed by atoms with van der Waals surface area (Å²) in [4.78, 5) is 1.16. The minimum absolute atomic E-state index is 0.0887. The predicted molar refractivity (Wildman–Crippen MR) is 85.9 cm³/mol. The van der Waals surface area contributed by atoms with Gasteiger partial charge in [-0.2, -0.15) is 0 Å². The minimum atomic E-state index is -0.444. The van der Waals surface area contributed by atoms with Crippen LogP contribution < -0.4 is 15.8 Å². The molecule has 0 aliphatic rings. The van der Waals surface area contributed by atoms with E-state index >= 15 is 0 Å². The molecule has 108 valence electrons. The number of rotatable bonds is 5. The second-order valence-corrected chi connectivity index (χ2v) is 7.14. The van der Waals surface area contributed by atoms with E-state index in [4.69, 9.17) is 10.5 Å². The van der Waals surface area contributed by atoms with Gasteiger partial charge in [0.25, 0.3) is 0 Å². The Morgan fingerprint density at radius 3 is 2.75 bits per heavy atom. The largest absolute Gasteiger partial charge is 0.488 e. The molecule has 0 unspecified atom stereocenters. The summed E-state index contributed by atoms with van der Waals surface area (Å²) in [5.74, 6) is -0.232. The van der Waals surface area contributed by atoms with Gasteiger partial charge in [-0.1, -0.05) is 0 Å². The number of nitrogen functional groups attached to an aromatic ring is 1. The van der Waals surface area contributed by atoms with Crippen LogP contribution in [0.5, 0.6) is 5.75 Å². The molecule has 0 radical (unpaired) electrons. The highest BCUT2D eigenvalue weighted by atomic mass is 79.9. The molecule has 3 nitrogen and oxygen atoms in total. The lowest BCUT2D eigenvalue weighted by atomic mass is 10.2. The van der Waals surface area contributed by atoms with Gasteiger partial charge in [0.2, 0.25) is 0 Å². The lowest BCUT2D eigenvalue weighted by molar-refractivity contribution is 0.231. The van der Waals surface area contributed by atoms with Gasteiger partial charge in [0, 0.05) is 23.6 Å². The molecule has 3 N–H and O–H groups in total. The van der Waals surface area contributed by atoms with E-state index in [9.17, 15) is 4.39 Å². The third-order valence-corrected chi connectivity index (χ3v) is 4.17. The zero-order valence-electron chi connectivity index (χ0n) is 11.2. The molecule has 2 aromatic rings. The van der Waals surface area contributed by atoms with Crippen LogP contribution in [0.1, 0.15) is 18.7 Å². The number of ether oxygens (including phenoxy) is 1. The van der Waals surface area contributed by atoms with E-state index in [1.807, 2.05) is 26.0 Å². The third kappa shape index (κ3) is 3.86. The van der Waals surface area contributed by atoms with Crippen LogP contribution in [0, 0.1) is 5.82 Å². The summed E-state index contributed by atoms with van der Waals surface area (Å²) in [5, 5.41) is 3.20. The van der Waals surface area contributed by atoms with Crippen LogP contribution in [0.15, 0.2) is 28.1 Å². The van der Waals surface area contributed by atoms with Crippen LogP contribution >= 0.6 is 27.3 Å². The number of hydrogen-bond donors (Lipinski definition) is 2. The van der Waals surface area contributed by atoms with Gasteiger partial charge in [0.1, 0.15) is 0 Å². The molecule has 0 atom stereocenters. The van der Waals surface area contributed by atoms with Crippen molar-refractivity contribution in [2.75, 3.05) is 11.1 Å². The maximum Gasteiger partial charge on any atom is 0.167 e. The summed E-state index contributed by atoms with van der Waals surface area (Å²) < 4.78 is 20.2. The summed E-state index contributed by atoms with van der Waals surface area (Å²) in [5.41, 5.74) is 6.87. The number of halogens is 2. The number of nitrogens with one attached hydrogen (secondary N) is 1. The number of benzene rings is 1. The summed E-state index contributed by atoms with van der Waals surface area (Å²) in [6.45, 7) is 4.34. The second kappa shape index (κ2) is 6.45. The van der Waals surface area contributed by atoms with Crippen molar-refractivity contribution < 1.29 is 9.13 Å². The first kappa shape index (κ1) is 15.1. The van der Waals surface area contributed by atoms with Crippen molar-refractivity contribution in [1.82, 2.24) is 0 Å². The molecule has 1 heterocycles.